The third kappa shape index (κ3) is 4.13. The van der Waals surface area contributed by atoms with E-state index < -0.39 is 12.1 Å². The Kier molecular flexibility index (Phi) is 6.68. The molecule has 0 unspecified atom stereocenters. The van der Waals surface area contributed by atoms with E-state index in [0.29, 0.717) is 0 Å². The summed E-state index contributed by atoms with van der Waals surface area (Å²) in [5, 5.41) is 4.37. The Morgan fingerprint density at radius 2 is 0.676 bits per heavy atom. The highest BCUT2D eigenvalue weighted by atomic mass is 32.4. The minimum Gasteiger partial charge on any atom is -0.260 e. The SMILES string of the molecule is S=P(c1ccccc1)(c1ccccc1)c1cncc(P(=S)(c2ccccc2)c2ccccc2)n1. The van der Waals surface area contributed by atoms with Crippen molar-refractivity contribution in [2.45, 2.75) is 0 Å². The maximum atomic E-state index is 6.50. The Hall–Kier alpha value is -2.74. The van der Waals surface area contributed by atoms with E-state index in [2.05, 4.69) is 53.5 Å². The fourth-order valence-electron chi connectivity index (χ4n) is 4.03. The van der Waals surface area contributed by atoms with Crippen LogP contribution >= 0.6 is 12.1 Å². The fraction of sp³-hybridized carbons (Fsp3) is 0. The highest BCUT2D eigenvalue weighted by Crippen LogP contribution is 2.44. The van der Waals surface area contributed by atoms with Crippen molar-refractivity contribution in [2.24, 2.45) is 0 Å². The van der Waals surface area contributed by atoms with Crippen LogP contribution in [-0.4, -0.2) is 9.97 Å². The van der Waals surface area contributed by atoms with Gasteiger partial charge in [-0.25, -0.2) is 4.98 Å². The minimum absolute atomic E-state index is 0.818. The molecule has 5 aromatic rings. The number of aromatic nitrogens is 2. The smallest absolute Gasteiger partial charge is 0.100 e. The molecular formula is C28H22N2P2S2. The highest BCUT2D eigenvalue weighted by Gasteiger charge is 2.31. The summed E-state index contributed by atoms with van der Waals surface area (Å²) in [6.45, 7) is 0. The molecule has 5 rings (SSSR count). The second-order valence-electron chi connectivity index (χ2n) is 7.80. The van der Waals surface area contributed by atoms with Crippen LogP contribution in [0.3, 0.4) is 0 Å². The van der Waals surface area contributed by atoms with Gasteiger partial charge in [0, 0.05) is 0 Å². The van der Waals surface area contributed by atoms with Gasteiger partial charge in [0.05, 0.1) is 24.5 Å². The predicted octanol–water partition coefficient (Wildman–Crippen LogP) is 3.99. The molecule has 4 aromatic carbocycles. The van der Waals surface area contributed by atoms with Gasteiger partial charge < -0.3 is 0 Å². The first kappa shape index (κ1) is 23.0. The average Bonchev–Trinajstić information content (AvgIpc) is 2.94. The highest BCUT2D eigenvalue weighted by molar-refractivity contribution is 8.26. The molecule has 0 aliphatic carbocycles. The van der Waals surface area contributed by atoms with Crippen molar-refractivity contribution in [3.8, 4) is 0 Å². The van der Waals surface area contributed by atoms with Gasteiger partial charge in [0.15, 0.2) is 0 Å². The molecule has 166 valence electrons. The Morgan fingerprint density at radius 1 is 0.412 bits per heavy atom. The van der Waals surface area contributed by atoms with Gasteiger partial charge in [-0.1, -0.05) is 145 Å². The van der Waals surface area contributed by atoms with Crippen LogP contribution in [0.1, 0.15) is 0 Å². The number of hydrogen-bond donors (Lipinski definition) is 0. The molecule has 0 aliphatic rings. The van der Waals surface area contributed by atoms with E-state index in [-0.39, 0.29) is 0 Å². The molecule has 0 radical (unpaired) electrons. The van der Waals surface area contributed by atoms with Gasteiger partial charge in [-0.15, -0.1) is 0 Å². The van der Waals surface area contributed by atoms with Crippen molar-refractivity contribution in [1.82, 2.24) is 9.97 Å². The molecule has 0 atom stereocenters. The maximum absolute atomic E-state index is 6.50. The lowest BCUT2D eigenvalue weighted by molar-refractivity contribution is 1.28. The molecule has 6 heteroatoms. The molecule has 0 N–H and O–H groups in total. The van der Waals surface area contributed by atoms with Crippen LogP contribution in [0, 0.1) is 0 Å². The molecular weight excluding hydrogens is 490 g/mol. The molecule has 34 heavy (non-hydrogen) atoms. The topological polar surface area (TPSA) is 25.8 Å². The molecule has 1 heterocycles. The number of hydrogen-bond acceptors (Lipinski definition) is 4. The number of nitrogens with zero attached hydrogens (tertiary/aromatic N) is 2. The summed E-state index contributed by atoms with van der Waals surface area (Å²) in [4.78, 5) is 9.93. The second-order valence-corrected chi connectivity index (χ2v) is 16.5. The third-order valence-electron chi connectivity index (χ3n) is 5.73. The average molecular weight is 513 g/mol. The molecule has 0 spiro atoms. The molecule has 2 nitrogen and oxygen atoms in total. The van der Waals surface area contributed by atoms with E-state index in [0.717, 1.165) is 32.1 Å². The van der Waals surface area contributed by atoms with Gasteiger partial charge in [0.2, 0.25) is 0 Å². The predicted molar refractivity (Wildman–Crippen MR) is 154 cm³/mol. The van der Waals surface area contributed by atoms with E-state index in [9.17, 15) is 0 Å². The summed E-state index contributed by atoms with van der Waals surface area (Å²) in [7, 11) is 0. The summed E-state index contributed by atoms with van der Waals surface area (Å²) in [6.07, 6.45) is 3.67. The van der Waals surface area contributed by atoms with E-state index >= 15 is 0 Å². The van der Waals surface area contributed by atoms with Crippen molar-refractivity contribution >= 4 is 67.8 Å². The number of benzene rings is 4. The van der Waals surface area contributed by atoms with E-state index in [4.69, 9.17) is 28.6 Å². The zero-order chi connectivity index (χ0) is 23.4. The van der Waals surface area contributed by atoms with Crippen LogP contribution in [0.25, 0.3) is 0 Å². The van der Waals surface area contributed by atoms with Gasteiger partial charge in [-0.3, -0.25) is 4.98 Å². The molecule has 0 amide bonds. The molecule has 0 saturated heterocycles. The van der Waals surface area contributed by atoms with Crippen molar-refractivity contribution in [3.63, 3.8) is 0 Å². The Bertz CT molecular complexity index is 1290. The Balaban J connectivity index is 1.76. The van der Waals surface area contributed by atoms with Crippen LogP contribution in [0.5, 0.6) is 0 Å². The Morgan fingerprint density at radius 3 is 0.941 bits per heavy atom. The van der Waals surface area contributed by atoms with Gasteiger partial charge in [-0.2, -0.15) is 0 Å². The van der Waals surface area contributed by atoms with Gasteiger partial charge in [0.1, 0.15) is 10.9 Å². The summed E-state index contributed by atoms with van der Waals surface area (Å²) < 4.78 is 0. The normalized spacial score (nSPS) is 11.8. The van der Waals surface area contributed by atoms with Crippen molar-refractivity contribution < 1.29 is 0 Å². The standard InChI is InChI=1S/C28H22N2P2S2/c33-31(23-13-5-1-6-14-23,24-15-7-2-8-16-24)27-21-29-22-28(30-27)32(34,25-17-9-3-10-18-25)26-19-11-4-12-20-26/h1-22H. The van der Waals surface area contributed by atoms with Crippen molar-refractivity contribution in [2.75, 3.05) is 0 Å². The lowest BCUT2D eigenvalue weighted by Gasteiger charge is -2.26. The largest absolute Gasteiger partial charge is 0.260 e. The monoisotopic (exact) mass is 512 g/mol. The van der Waals surface area contributed by atoms with Crippen molar-refractivity contribution in [3.05, 3.63) is 134 Å². The summed E-state index contributed by atoms with van der Waals surface area (Å²) in [6, 6.07) is 36.3. The summed E-state index contributed by atoms with van der Waals surface area (Å²) in [5.41, 5.74) is 1.64. The van der Waals surface area contributed by atoms with Gasteiger partial charge >= 0.3 is 0 Å². The van der Waals surface area contributed by atoms with E-state index in [1.807, 2.05) is 85.2 Å². The van der Waals surface area contributed by atoms with Crippen LogP contribution < -0.4 is 32.1 Å². The third-order valence-corrected chi connectivity index (χ3v) is 15.2. The van der Waals surface area contributed by atoms with Crippen LogP contribution in [0.2, 0.25) is 0 Å². The zero-order valence-corrected chi connectivity index (χ0v) is 21.7. The molecule has 0 fully saturated rings. The quantitative estimate of drug-likeness (QED) is 0.322. The maximum Gasteiger partial charge on any atom is 0.100 e. The zero-order valence-electron chi connectivity index (χ0n) is 18.3. The first-order valence-electron chi connectivity index (χ1n) is 10.9. The Labute approximate surface area is 210 Å². The minimum atomic E-state index is -2.42. The van der Waals surface area contributed by atoms with E-state index in [1.165, 1.54) is 0 Å². The van der Waals surface area contributed by atoms with E-state index in [1.54, 1.807) is 0 Å². The lowest BCUT2D eigenvalue weighted by atomic mass is 10.4. The van der Waals surface area contributed by atoms with Crippen molar-refractivity contribution in [1.29, 1.82) is 0 Å². The summed E-state index contributed by atoms with van der Waals surface area (Å²) >= 11 is 13.0. The fourth-order valence-corrected chi connectivity index (χ4v) is 11.1. The first-order chi connectivity index (χ1) is 16.6. The molecule has 0 aliphatic heterocycles. The molecule has 0 bridgehead atoms. The molecule has 1 aromatic heterocycles. The van der Waals surface area contributed by atoms with Gasteiger partial charge in [-0.05, 0) is 21.2 Å². The first-order valence-corrected chi connectivity index (χ1v) is 16.5. The van der Waals surface area contributed by atoms with Crippen LogP contribution in [-0.2, 0) is 23.6 Å². The lowest BCUT2D eigenvalue weighted by Crippen LogP contribution is -2.34. The number of rotatable bonds is 6. The van der Waals surface area contributed by atoms with Crippen LogP contribution in [0.4, 0.5) is 0 Å². The summed E-state index contributed by atoms with van der Waals surface area (Å²) in [5.74, 6) is 0. The van der Waals surface area contributed by atoms with Crippen LogP contribution in [0.15, 0.2) is 134 Å². The second kappa shape index (κ2) is 9.86. The van der Waals surface area contributed by atoms with Gasteiger partial charge in [0.25, 0.3) is 0 Å². The molecule has 0 saturated carbocycles.